The summed E-state index contributed by atoms with van der Waals surface area (Å²) in [4.78, 5) is 0. The van der Waals surface area contributed by atoms with Crippen LogP contribution in [-0.4, -0.2) is 21.9 Å². The molecular formula is C5H9N3O. The summed E-state index contributed by atoms with van der Waals surface area (Å²) in [5, 5.41) is 15.3. The average Bonchev–Trinajstić information content (AvgIpc) is 2.10. The van der Waals surface area contributed by atoms with E-state index in [0.29, 0.717) is 0 Å². The van der Waals surface area contributed by atoms with Crippen LogP contribution >= 0.6 is 0 Å². The number of nitrogens with zero attached hydrogens (tertiary/aromatic N) is 2. The molecule has 50 valence electrons. The molecule has 0 fully saturated rings. The second kappa shape index (κ2) is 1.97. The van der Waals surface area contributed by atoms with E-state index in [4.69, 9.17) is 5.11 Å². The monoisotopic (exact) mass is 127 g/mol. The van der Waals surface area contributed by atoms with Crippen LogP contribution in [0.25, 0.3) is 0 Å². The molecule has 0 bridgehead atoms. The number of anilines is 1. The maximum absolute atomic E-state index is 8.79. The summed E-state index contributed by atoms with van der Waals surface area (Å²) in [6, 6.07) is 1.56. The van der Waals surface area contributed by atoms with Gasteiger partial charge in [-0.3, -0.25) is 0 Å². The first kappa shape index (κ1) is 5.94. The van der Waals surface area contributed by atoms with Crippen molar-refractivity contribution < 1.29 is 5.11 Å². The van der Waals surface area contributed by atoms with Crippen LogP contribution < -0.4 is 5.32 Å². The summed E-state index contributed by atoms with van der Waals surface area (Å²) in [6.45, 7) is 0. The van der Waals surface area contributed by atoms with Gasteiger partial charge in [0.15, 0.2) is 0 Å². The van der Waals surface area contributed by atoms with Gasteiger partial charge in [-0.1, -0.05) is 0 Å². The third kappa shape index (κ3) is 0.960. The zero-order chi connectivity index (χ0) is 6.85. The van der Waals surface area contributed by atoms with Gasteiger partial charge in [0.1, 0.15) is 5.82 Å². The Bertz CT molecular complexity index is 206. The molecule has 0 amide bonds. The number of aromatic nitrogens is 2. The number of hydrogen-bond donors (Lipinski definition) is 2. The van der Waals surface area contributed by atoms with Crippen molar-refractivity contribution in [2.45, 2.75) is 0 Å². The van der Waals surface area contributed by atoms with Gasteiger partial charge in [-0.25, -0.2) is 4.68 Å². The lowest BCUT2D eigenvalue weighted by Crippen LogP contribution is -1.97. The summed E-state index contributed by atoms with van der Waals surface area (Å²) < 4.78 is 1.56. The van der Waals surface area contributed by atoms with Gasteiger partial charge in [0.2, 0.25) is 5.88 Å². The number of aromatic hydroxyl groups is 1. The molecule has 0 radical (unpaired) electrons. The predicted octanol–water partition coefficient (Wildman–Crippen LogP) is 0.167. The molecule has 0 saturated carbocycles. The van der Waals surface area contributed by atoms with Gasteiger partial charge in [0, 0.05) is 20.2 Å². The molecule has 4 heteroatoms. The molecule has 1 aromatic heterocycles. The van der Waals surface area contributed by atoms with Crippen LogP contribution in [0.2, 0.25) is 0 Å². The van der Waals surface area contributed by atoms with Crippen molar-refractivity contribution in [3.63, 3.8) is 0 Å². The van der Waals surface area contributed by atoms with Crippen molar-refractivity contribution in [1.82, 2.24) is 9.78 Å². The van der Waals surface area contributed by atoms with Gasteiger partial charge >= 0.3 is 0 Å². The number of nitrogens with one attached hydrogen (secondary N) is 1. The fourth-order valence-corrected chi connectivity index (χ4v) is 0.686. The van der Waals surface area contributed by atoms with Crippen molar-refractivity contribution in [3.05, 3.63) is 6.07 Å². The SMILES string of the molecule is CNc1cc(O)nn1C. The van der Waals surface area contributed by atoms with E-state index in [9.17, 15) is 0 Å². The zero-order valence-electron chi connectivity index (χ0n) is 5.42. The van der Waals surface area contributed by atoms with E-state index in [-0.39, 0.29) is 5.88 Å². The molecule has 0 aromatic carbocycles. The van der Waals surface area contributed by atoms with E-state index < -0.39 is 0 Å². The minimum Gasteiger partial charge on any atom is -0.492 e. The van der Waals surface area contributed by atoms with Gasteiger partial charge < -0.3 is 10.4 Å². The lowest BCUT2D eigenvalue weighted by Gasteiger charge is -1.95. The minimum atomic E-state index is 0.0434. The molecule has 9 heavy (non-hydrogen) atoms. The van der Waals surface area contributed by atoms with Crippen molar-refractivity contribution in [2.75, 3.05) is 12.4 Å². The van der Waals surface area contributed by atoms with Gasteiger partial charge in [-0.2, -0.15) is 0 Å². The maximum atomic E-state index is 8.79. The molecule has 0 unspecified atom stereocenters. The van der Waals surface area contributed by atoms with Gasteiger partial charge in [0.05, 0.1) is 0 Å². The van der Waals surface area contributed by atoms with Gasteiger partial charge in [0.25, 0.3) is 0 Å². The second-order valence-electron chi connectivity index (χ2n) is 1.76. The highest BCUT2D eigenvalue weighted by molar-refractivity contribution is 5.37. The summed E-state index contributed by atoms with van der Waals surface area (Å²) >= 11 is 0. The first-order valence-electron chi connectivity index (χ1n) is 2.65. The first-order valence-corrected chi connectivity index (χ1v) is 2.65. The quantitative estimate of drug-likeness (QED) is 0.565. The molecule has 0 aliphatic rings. The number of rotatable bonds is 1. The third-order valence-electron chi connectivity index (χ3n) is 1.12. The Kier molecular flexibility index (Phi) is 1.30. The molecular weight excluding hydrogens is 118 g/mol. The van der Waals surface area contributed by atoms with Crippen LogP contribution in [-0.2, 0) is 7.05 Å². The Morgan fingerprint density at radius 2 is 2.44 bits per heavy atom. The van der Waals surface area contributed by atoms with E-state index in [0.717, 1.165) is 5.82 Å². The van der Waals surface area contributed by atoms with Crippen LogP contribution in [0.5, 0.6) is 5.88 Å². The van der Waals surface area contributed by atoms with E-state index in [1.165, 1.54) is 0 Å². The Balaban J connectivity index is 3.01. The summed E-state index contributed by atoms with van der Waals surface area (Å²) in [6.07, 6.45) is 0. The molecule has 0 atom stereocenters. The molecule has 4 nitrogen and oxygen atoms in total. The Morgan fingerprint density at radius 3 is 2.67 bits per heavy atom. The van der Waals surface area contributed by atoms with Crippen LogP contribution in [0, 0.1) is 0 Å². The second-order valence-corrected chi connectivity index (χ2v) is 1.76. The summed E-state index contributed by atoms with van der Waals surface area (Å²) in [5.74, 6) is 0.842. The predicted molar refractivity (Wildman–Crippen MR) is 34.4 cm³/mol. The zero-order valence-corrected chi connectivity index (χ0v) is 5.42. The Morgan fingerprint density at radius 1 is 1.78 bits per heavy atom. The molecule has 1 rings (SSSR count). The highest BCUT2D eigenvalue weighted by Crippen LogP contribution is 2.11. The summed E-state index contributed by atoms with van der Waals surface area (Å²) in [5.41, 5.74) is 0. The lowest BCUT2D eigenvalue weighted by atomic mass is 10.6. The van der Waals surface area contributed by atoms with Crippen LogP contribution in [0.1, 0.15) is 0 Å². The van der Waals surface area contributed by atoms with Crippen LogP contribution in [0.4, 0.5) is 5.82 Å². The fourth-order valence-electron chi connectivity index (χ4n) is 0.686. The number of aryl methyl sites for hydroxylation is 1. The summed E-state index contributed by atoms with van der Waals surface area (Å²) in [7, 11) is 3.53. The largest absolute Gasteiger partial charge is 0.492 e. The Hall–Kier alpha value is -1.19. The molecule has 2 N–H and O–H groups in total. The average molecular weight is 127 g/mol. The minimum absolute atomic E-state index is 0.0434. The molecule has 1 aromatic rings. The highest BCUT2D eigenvalue weighted by atomic mass is 16.3. The molecule has 0 aliphatic carbocycles. The molecule has 1 heterocycles. The van der Waals surface area contributed by atoms with Crippen molar-refractivity contribution >= 4 is 5.82 Å². The van der Waals surface area contributed by atoms with E-state index in [2.05, 4.69) is 10.4 Å². The normalized spacial score (nSPS) is 9.56. The molecule has 0 saturated heterocycles. The lowest BCUT2D eigenvalue weighted by molar-refractivity contribution is 0.444. The number of hydrogen-bond acceptors (Lipinski definition) is 3. The topological polar surface area (TPSA) is 50.1 Å². The van der Waals surface area contributed by atoms with Crippen molar-refractivity contribution in [3.8, 4) is 5.88 Å². The smallest absolute Gasteiger partial charge is 0.232 e. The first-order chi connectivity index (χ1) is 4.24. The van der Waals surface area contributed by atoms with Crippen LogP contribution in [0.3, 0.4) is 0 Å². The standard InChI is InChI=1S/C5H9N3O/c1-6-4-3-5(9)7-8(4)2/h3,6H,1-2H3,(H,7,9). The van der Waals surface area contributed by atoms with E-state index >= 15 is 0 Å². The van der Waals surface area contributed by atoms with Crippen LogP contribution in [0.15, 0.2) is 6.07 Å². The maximum Gasteiger partial charge on any atom is 0.232 e. The van der Waals surface area contributed by atoms with Crippen molar-refractivity contribution in [1.29, 1.82) is 0 Å². The highest BCUT2D eigenvalue weighted by Gasteiger charge is 1.98. The third-order valence-corrected chi connectivity index (χ3v) is 1.12. The van der Waals surface area contributed by atoms with E-state index in [1.54, 1.807) is 24.8 Å². The fraction of sp³-hybridized carbons (Fsp3) is 0.400. The Labute approximate surface area is 53.1 Å². The molecule has 0 spiro atoms. The molecule has 0 aliphatic heterocycles. The van der Waals surface area contributed by atoms with Gasteiger partial charge in [-0.05, 0) is 0 Å². The van der Waals surface area contributed by atoms with Crippen molar-refractivity contribution in [2.24, 2.45) is 7.05 Å². The van der Waals surface area contributed by atoms with E-state index in [1.807, 2.05) is 0 Å². The van der Waals surface area contributed by atoms with Gasteiger partial charge in [-0.15, -0.1) is 5.10 Å².